The predicted molar refractivity (Wildman–Crippen MR) is 37.9 cm³/mol. The molecule has 54 valence electrons. The number of carboxylic acids is 1. The Morgan fingerprint density at radius 2 is 2.22 bits per heavy atom. The summed E-state index contributed by atoms with van der Waals surface area (Å²) in [6.07, 6.45) is 0. The third kappa shape index (κ3) is 4.45. The van der Waals surface area contributed by atoms with E-state index in [0.29, 0.717) is 5.32 Å². The summed E-state index contributed by atoms with van der Waals surface area (Å²) in [6, 6.07) is -0.634. The van der Waals surface area contributed by atoms with E-state index in [2.05, 4.69) is 11.6 Å². The van der Waals surface area contributed by atoms with Crippen molar-refractivity contribution in [2.45, 2.75) is 23.0 Å². The molecule has 0 bridgehead atoms. The van der Waals surface area contributed by atoms with E-state index < -0.39 is 25.9 Å². The van der Waals surface area contributed by atoms with Crippen LogP contribution in [-0.2, 0) is 4.79 Å². The first-order valence-corrected chi connectivity index (χ1v) is 7.20. The number of carboxylic acid groups (broad SMARTS) is 1. The number of rotatable bonds is 3. The molecule has 0 saturated carbocycles. The van der Waals surface area contributed by atoms with Crippen molar-refractivity contribution < 1.29 is 9.90 Å². The molecule has 0 saturated heterocycles. The van der Waals surface area contributed by atoms with E-state index in [0.717, 1.165) is 0 Å². The maximum absolute atomic E-state index is 10.1. The number of nitrogens with two attached hydrogens (primary N) is 1. The summed E-state index contributed by atoms with van der Waals surface area (Å²) < 4.78 is 0. The fourth-order valence-electron chi connectivity index (χ4n) is 0.430. The second-order valence-electron chi connectivity index (χ2n) is 2.10. The standard InChI is InChI=1S/C5H11NO2Se/c1-9(2)3-4(6)5(7)8/h4H,3,6H2,1-2H3/p+1. The Morgan fingerprint density at radius 3 is 2.33 bits per heavy atom. The monoisotopic (exact) mass is 198 g/mol. The Morgan fingerprint density at radius 1 is 1.78 bits per heavy atom. The van der Waals surface area contributed by atoms with E-state index >= 15 is 0 Å². The summed E-state index contributed by atoms with van der Waals surface area (Å²) in [6.45, 7) is 0. The van der Waals surface area contributed by atoms with Gasteiger partial charge in [-0.1, -0.05) is 0 Å². The van der Waals surface area contributed by atoms with Crippen LogP contribution >= 0.6 is 0 Å². The van der Waals surface area contributed by atoms with E-state index in [1.807, 2.05) is 0 Å². The van der Waals surface area contributed by atoms with Gasteiger partial charge in [-0.05, 0) is 0 Å². The number of carbonyl (C=O) groups is 1. The van der Waals surface area contributed by atoms with Gasteiger partial charge in [0.05, 0.1) is 0 Å². The molecule has 1 atom stereocenters. The van der Waals surface area contributed by atoms with Crippen LogP contribution in [0.3, 0.4) is 0 Å². The van der Waals surface area contributed by atoms with Crippen LogP contribution in [0.5, 0.6) is 0 Å². The van der Waals surface area contributed by atoms with E-state index in [-0.39, 0.29) is 0 Å². The quantitative estimate of drug-likeness (QED) is 0.633. The molecule has 3 N–H and O–H groups in total. The first-order valence-electron chi connectivity index (χ1n) is 2.56. The van der Waals surface area contributed by atoms with Crippen LogP contribution < -0.4 is 5.73 Å². The number of hydrogen-bond acceptors (Lipinski definition) is 2. The topological polar surface area (TPSA) is 63.3 Å². The molecule has 0 aromatic rings. The normalized spacial score (nSPS) is 13.8. The molecular weight excluding hydrogens is 185 g/mol. The second-order valence-corrected chi connectivity index (χ2v) is 6.93. The minimum absolute atomic E-state index is 0.634. The van der Waals surface area contributed by atoms with Crippen LogP contribution in [0.25, 0.3) is 0 Å². The Balaban J connectivity index is 3.50. The van der Waals surface area contributed by atoms with Gasteiger partial charge in [-0.3, -0.25) is 0 Å². The zero-order valence-corrected chi connectivity index (χ0v) is 7.34. The van der Waals surface area contributed by atoms with Crippen molar-refractivity contribution in [3.8, 4) is 0 Å². The SMILES string of the molecule is C[Se+](C)CC(N)C(=O)O. The first-order chi connectivity index (χ1) is 4.04. The summed E-state index contributed by atoms with van der Waals surface area (Å²) in [4.78, 5) is 10.1. The van der Waals surface area contributed by atoms with E-state index in [1.54, 1.807) is 0 Å². The molecule has 0 radical (unpaired) electrons. The summed E-state index contributed by atoms with van der Waals surface area (Å²) in [5, 5.41) is 9.00. The van der Waals surface area contributed by atoms with Crippen LogP contribution in [0.4, 0.5) is 0 Å². The van der Waals surface area contributed by atoms with Crippen LogP contribution in [0.15, 0.2) is 0 Å². The fraction of sp³-hybridized carbons (Fsp3) is 0.800. The Hall–Kier alpha value is -0.0505. The number of hydrogen-bond donors (Lipinski definition) is 2. The van der Waals surface area contributed by atoms with Crippen molar-refractivity contribution in [3.05, 3.63) is 0 Å². The van der Waals surface area contributed by atoms with Crippen LogP contribution in [0, 0.1) is 0 Å². The molecule has 0 rings (SSSR count). The molecule has 3 nitrogen and oxygen atoms in total. The van der Waals surface area contributed by atoms with E-state index in [4.69, 9.17) is 10.8 Å². The molecule has 0 aliphatic rings. The molecule has 4 heteroatoms. The predicted octanol–water partition coefficient (Wildman–Crippen LogP) is 0.153. The van der Waals surface area contributed by atoms with Gasteiger partial charge in [-0.15, -0.1) is 0 Å². The van der Waals surface area contributed by atoms with Crippen molar-refractivity contribution in [2.24, 2.45) is 5.73 Å². The van der Waals surface area contributed by atoms with Gasteiger partial charge in [0, 0.05) is 0 Å². The molecule has 1 unspecified atom stereocenters. The zero-order chi connectivity index (χ0) is 7.44. The van der Waals surface area contributed by atoms with Crippen molar-refractivity contribution >= 4 is 19.9 Å². The van der Waals surface area contributed by atoms with Gasteiger partial charge in [0.1, 0.15) is 0 Å². The van der Waals surface area contributed by atoms with Gasteiger partial charge >= 0.3 is 58.5 Å². The Bertz CT molecular complexity index is 105. The van der Waals surface area contributed by atoms with Crippen LogP contribution in [-0.4, -0.2) is 31.0 Å². The molecule has 0 fully saturated rings. The molecule has 0 aromatic heterocycles. The van der Waals surface area contributed by atoms with Crippen LogP contribution in [0.2, 0.25) is 17.0 Å². The summed E-state index contributed by atoms with van der Waals surface area (Å²) >= 11 is -0.676. The van der Waals surface area contributed by atoms with Crippen molar-refractivity contribution in [2.75, 3.05) is 0 Å². The van der Waals surface area contributed by atoms with Crippen molar-refractivity contribution in [1.82, 2.24) is 0 Å². The maximum atomic E-state index is 10.1. The van der Waals surface area contributed by atoms with Crippen LogP contribution in [0.1, 0.15) is 0 Å². The first kappa shape index (κ1) is 8.95. The van der Waals surface area contributed by atoms with Crippen molar-refractivity contribution in [3.63, 3.8) is 0 Å². The Labute approximate surface area is 59.1 Å². The van der Waals surface area contributed by atoms with Gasteiger partial charge < -0.3 is 0 Å². The Kier molecular flexibility index (Phi) is 3.86. The third-order valence-electron chi connectivity index (χ3n) is 0.830. The molecule has 0 aliphatic heterocycles. The minimum atomic E-state index is -0.882. The average Bonchev–Trinajstić information content (AvgIpc) is 1.63. The molecule has 0 heterocycles. The summed E-state index contributed by atoms with van der Waals surface area (Å²) in [7, 11) is 0. The summed E-state index contributed by atoms with van der Waals surface area (Å²) in [5.41, 5.74) is 5.25. The number of aliphatic carboxylic acids is 1. The fourth-order valence-corrected chi connectivity index (χ4v) is 2.24. The molecular formula is C5H12NO2Se+. The van der Waals surface area contributed by atoms with Gasteiger partial charge in [0.15, 0.2) is 0 Å². The van der Waals surface area contributed by atoms with Gasteiger partial charge in [0.2, 0.25) is 0 Å². The third-order valence-corrected chi connectivity index (χ3v) is 2.98. The van der Waals surface area contributed by atoms with Crippen molar-refractivity contribution in [1.29, 1.82) is 0 Å². The average molecular weight is 197 g/mol. The molecule has 0 aromatic carbocycles. The summed E-state index contributed by atoms with van der Waals surface area (Å²) in [5.74, 6) is 3.26. The molecule has 0 aliphatic carbocycles. The van der Waals surface area contributed by atoms with Gasteiger partial charge in [0.25, 0.3) is 0 Å². The van der Waals surface area contributed by atoms with E-state index in [1.165, 1.54) is 0 Å². The molecule has 0 amide bonds. The van der Waals surface area contributed by atoms with Gasteiger partial charge in [-0.2, -0.15) is 0 Å². The van der Waals surface area contributed by atoms with E-state index in [9.17, 15) is 4.79 Å². The second kappa shape index (κ2) is 3.88. The van der Waals surface area contributed by atoms with Gasteiger partial charge in [-0.25, -0.2) is 0 Å². The molecule has 0 spiro atoms. The molecule has 9 heavy (non-hydrogen) atoms. The zero-order valence-electron chi connectivity index (χ0n) is 5.63.